The molecule has 1 aromatic rings. The van der Waals surface area contributed by atoms with Crippen molar-refractivity contribution in [3.63, 3.8) is 0 Å². The Hall–Kier alpha value is -0.990. The lowest BCUT2D eigenvalue weighted by Crippen LogP contribution is -2.50. The Morgan fingerprint density at radius 1 is 1.33 bits per heavy atom. The van der Waals surface area contributed by atoms with Crippen molar-refractivity contribution < 1.29 is 13.2 Å². The SMILES string of the molecule is CNS(=O)(=O)c1cccc(CNC2CCCC2C2COCCN2)c1. The lowest BCUT2D eigenvalue weighted by Gasteiger charge is -2.33. The lowest BCUT2D eigenvalue weighted by atomic mass is 9.94. The molecule has 0 aromatic heterocycles. The standard InChI is InChI=1S/C17H27N3O3S/c1-18-24(21,22)14-5-2-4-13(10-14)11-20-16-7-3-6-15(16)17-12-23-9-8-19-17/h2,4-5,10,15-20H,3,6-9,11-12H2,1H3. The van der Waals surface area contributed by atoms with Gasteiger partial charge in [-0.05, 0) is 43.5 Å². The molecule has 1 heterocycles. The summed E-state index contributed by atoms with van der Waals surface area (Å²) in [6.45, 7) is 3.20. The maximum atomic E-state index is 11.9. The molecule has 3 unspecified atom stereocenters. The van der Waals surface area contributed by atoms with Crippen molar-refractivity contribution in [3.8, 4) is 0 Å². The molecule has 24 heavy (non-hydrogen) atoms. The number of hydrogen-bond acceptors (Lipinski definition) is 5. The first-order valence-corrected chi connectivity index (χ1v) is 10.2. The summed E-state index contributed by atoms with van der Waals surface area (Å²) >= 11 is 0. The molecule has 0 radical (unpaired) electrons. The number of hydrogen-bond donors (Lipinski definition) is 3. The Labute approximate surface area is 144 Å². The van der Waals surface area contributed by atoms with Crippen molar-refractivity contribution in [1.29, 1.82) is 0 Å². The number of ether oxygens (including phenoxy) is 1. The fourth-order valence-corrected chi connectivity index (χ4v) is 4.57. The molecule has 2 aliphatic rings. The minimum atomic E-state index is -3.39. The zero-order valence-corrected chi connectivity index (χ0v) is 14.9. The molecule has 134 valence electrons. The van der Waals surface area contributed by atoms with Crippen LogP contribution in [-0.4, -0.2) is 47.3 Å². The second kappa shape index (κ2) is 7.93. The largest absolute Gasteiger partial charge is 0.379 e. The van der Waals surface area contributed by atoms with Gasteiger partial charge in [0.2, 0.25) is 10.0 Å². The maximum Gasteiger partial charge on any atom is 0.240 e. The van der Waals surface area contributed by atoms with Crippen LogP contribution in [0.4, 0.5) is 0 Å². The molecule has 1 saturated carbocycles. The van der Waals surface area contributed by atoms with Crippen LogP contribution >= 0.6 is 0 Å². The Bertz CT molecular complexity index is 644. The van der Waals surface area contributed by atoms with Gasteiger partial charge in [-0.2, -0.15) is 0 Å². The molecule has 2 fully saturated rings. The predicted molar refractivity (Wildman–Crippen MR) is 93.3 cm³/mol. The summed E-state index contributed by atoms with van der Waals surface area (Å²) in [5.41, 5.74) is 0.991. The van der Waals surface area contributed by atoms with Crippen molar-refractivity contribution in [3.05, 3.63) is 29.8 Å². The third kappa shape index (κ3) is 4.15. The van der Waals surface area contributed by atoms with Crippen LogP contribution in [0.2, 0.25) is 0 Å². The first kappa shape index (κ1) is 17.8. The van der Waals surface area contributed by atoms with Gasteiger partial charge in [0.15, 0.2) is 0 Å². The summed E-state index contributed by atoms with van der Waals surface area (Å²) in [4.78, 5) is 0.314. The van der Waals surface area contributed by atoms with Gasteiger partial charge in [-0.3, -0.25) is 0 Å². The number of benzene rings is 1. The molecule has 0 amide bonds. The van der Waals surface area contributed by atoms with Crippen LogP contribution in [-0.2, 0) is 21.3 Å². The Morgan fingerprint density at radius 3 is 2.96 bits per heavy atom. The van der Waals surface area contributed by atoms with Gasteiger partial charge in [0.25, 0.3) is 0 Å². The third-order valence-electron chi connectivity index (χ3n) is 5.08. The Balaban J connectivity index is 1.61. The van der Waals surface area contributed by atoms with Gasteiger partial charge in [-0.15, -0.1) is 0 Å². The van der Waals surface area contributed by atoms with Crippen LogP contribution in [0, 0.1) is 5.92 Å². The number of morpholine rings is 1. The highest BCUT2D eigenvalue weighted by molar-refractivity contribution is 7.89. The molecule has 3 rings (SSSR count). The van der Waals surface area contributed by atoms with Gasteiger partial charge in [-0.1, -0.05) is 18.6 Å². The van der Waals surface area contributed by atoms with Crippen molar-refractivity contribution in [1.82, 2.24) is 15.4 Å². The molecule has 1 aromatic carbocycles. The lowest BCUT2D eigenvalue weighted by molar-refractivity contribution is 0.0524. The van der Waals surface area contributed by atoms with E-state index < -0.39 is 10.0 Å². The van der Waals surface area contributed by atoms with E-state index in [2.05, 4.69) is 15.4 Å². The average molecular weight is 353 g/mol. The molecular weight excluding hydrogens is 326 g/mol. The van der Waals surface area contributed by atoms with Gasteiger partial charge in [0, 0.05) is 25.2 Å². The van der Waals surface area contributed by atoms with Crippen LogP contribution < -0.4 is 15.4 Å². The fraction of sp³-hybridized carbons (Fsp3) is 0.647. The van der Waals surface area contributed by atoms with E-state index in [0.29, 0.717) is 29.4 Å². The molecule has 1 saturated heterocycles. The van der Waals surface area contributed by atoms with E-state index in [1.807, 2.05) is 6.07 Å². The monoisotopic (exact) mass is 353 g/mol. The van der Waals surface area contributed by atoms with Crippen molar-refractivity contribution in [2.45, 2.75) is 42.8 Å². The summed E-state index contributed by atoms with van der Waals surface area (Å²) < 4.78 is 31.8. The zero-order chi connectivity index (χ0) is 17.0. The number of nitrogens with one attached hydrogen (secondary N) is 3. The average Bonchev–Trinajstić information content (AvgIpc) is 3.09. The van der Waals surface area contributed by atoms with Crippen LogP contribution in [0.15, 0.2) is 29.2 Å². The van der Waals surface area contributed by atoms with Crippen LogP contribution in [0.25, 0.3) is 0 Å². The smallest absolute Gasteiger partial charge is 0.240 e. The summed E-state index contributed by atoms with van der Waals surface area (Å²) in [5.74, 6) is 0.578. The minimum Gasteiger partial charge on any atom is -0.379 e. The second-order valence-corrected chi connectivity index (χ2v) is 8.46. The summed E-state index contributed by atoms with van der Waals surface area (Å²) in [6.07, 6.45) is 3.61. The van der Waals surface area contributed by atoms with E-state index in [0.717, 1.165) is 31.7 Å². The van der Waals surface area contributed by atoms with Crippen LogP contribution in [0.1, 0.15) is 24.8 Å². The van der Waals surface area contributed by atoms with E-state index >= 15 is 0 Å². The summed E-state index contributed by atoms with van der Waals surface area (Å²) in [6, 6.07) is 8.00. The number of sulfonamides is 1. The minimum absolute atomic E-state index is 0.314. The topological polar surface area (TPSA) is 79.5 Å². The predicted octanol–water partition coefficient (Wildman–Crippen LogP) is 0.841. The molecule has 3 N–H and O–H groups in total. The van der Waals surface area contributed by atoms with Crippen molar-refractivity contribution >= 4 is 10.0 Å². The third-order valence-corrected chi connectivity index (χ3v) is 6.49. The normalized spacial score (nSPS) is 28.1. The first-order chi connectivity index (χ1) is 11.6. The number of rotatable bonds is 6. The molecule has 0 bridgehead atoms. The highest BCUT2D eigenvalue weighted by Crippen LogP contribution is 2.29. The van der Waals surface area contributed by atoms with Gasteiger partial charge in [0.1, 0.15) is 0 Å². The zero-order valence-electron chi connectivity index (χ0n) is 14.1. The fourth-order valence-electron chi connectivity index (χ4n) is 3.77. The molecule has 7 heteroatoms. The van der Waals surface area contributed by atoms with Crippen molar-refractivity contribution in [2.75, 3.05) is 26.8 Å². The van der Waals surface area contributed by atoms with Gasteiger partial charge >= 0.3 is 0 Å². The van der Waals surface area contributed by atoms with Crippen LogP contribution in [0.5, 0.6) is 0 Å². The molecule has 1 aliphatic carbocycles. The van der Waals surface area contributed by atoms with Gasteiger partial charge < -0.3 is 15.4 Å². The van der Waals surface area contributed by atoms with E-state index in [1.165, 1.54) is 19.9 Å². The molecule has 0 spiro atoms. The van der Waals surface area contributed by atoms with Gasteiger partial charge in [-0.25, -0.2) is 13.1 Å². The van der Waals surface area contributed by atoms with Crippen molar-refractivity contribution in [2.24, 2.45) is 5.92 Å². The maximum absolute atomic E-state index is 11.9. The van der Waals surface area contributed by atoms with E-state index in [4.69, 9.17) is 4.74 Å². The molecule has 1 aliphatic heterocycles. The summed E-state index contributed by atoms with van der Waals surface area (Å²) in [5, 5.41) is 7.20. The first-order valence-electron chi connectivity index (χ1n) is 8.67. The quantitative estimate of drug-likeness (QED) is 0.706. The molecular formula is C17H27N3O3S. The summed E-state index contributed by atoms with van der Waals surface area (Å²) in [7, 11) is -1.96. The molecule has 3 atom stereocenters. The second-order valence-electron chi connectivity index (χ2n) is 6.57. The van der Waals surface area contributed by atoms with E-state index in [1.54, 1.807) is 18.2 Å². The highest BCUT2D eigenvalue weighted by atomic mass is 32.2. The van der Waals surface area contributed by atoms with Gasteiger partial charge in [0.05, 0.1) is 18.1 Å². The Kier molecular flexibility index (Phi) is 5.89. The van der Waals surface area contributed by atoms with E-state index in [9.17, 15) is 8.42 Å². The van der Waals surface area contributed by atoms with Crippen LogP contribution in [0.3, 0.4) is 0 Å². The van der Waals surface area contributed by atoms with E-state index in [-0.39, 0.29) is 0 Å². The highest BCUT2D eigenvalue weighted by Gasteiger charge is 2.34. The molecule has 6 nitrogen and oxygen atoms in total. The Morgan fingerprint density at radius 2 is 2.21 bits per heavy atom.